The Balaban J connectivity index is 1.77. The fourth-order valence-electron chi connectivity index (χ4n) is 2.20. The second-order valence-corrected chi connectivity index (χ2v) is 6.08. The first kappa shape index (κ1) is 12.6. The molecular formula is C13H16N2O3S. The van der Waals surface area contributed by atoms with Gasteiger partial charge < -0.3 is 14.9 Å². The van der Waals surface area contributed by atoms with Crippen molar-refractivity contribution in [2.45, 2.75) is 30.6 Å². The number of ether oxygens (including phenoxy) is 1. The van der Waals surface area contributed by atoms with Crippen molar-refractivity contribution in [1.29, 1.82) is 0 Å². The predicted molar refractivity (Wildman–Crippen MR) is 73.3 cm³/mol. The lowest BCUT2D eigenvalue weighted by Crippen LogP contribution is -2.25. The van der Waals surface area contributed by atoms with Gasteiger partial charge in [-0.05, 0) is 31.4 Å². The van der Waals surface area contributed by atoms with Crippen molar-refractivity contribution in [2.75, 3.05) is 18.1 Å². The van der Waals surface area contributed by atoms with E-state index in [4.69, 9.17) is 14.9 Å². The van der Waals surface area contributed by atoms with E-state index in [-0.39, 0.29) is 11.3 Å². The van der Waals surface area contributed by atoms with Crippen molar-refractivity contribution in [3.05, 3.63) is 18.2 Å². The zero-order chi connectivity index (χ0) is 13.2. The molecule has 1 aliphatic heterocycles. The third-order valence-corrected chi connectivity index (χ3v) is 4.44. The Kier molecular flexibility index (Phi) is 3.52. The van der Waals surface area contributed by atoms with Gasteiger partial charge >= 0.3 is 0 Å². The van der Waals surface area contributed by atoms with Gasteiger partial charge in [-0.25, -0.2) is 9.19 Å². The lowest BCUT2D eigenvalue weighted by molar-refractivity contribution is 0.0309. The molecule has 6 heteroatoms. The molecule has 0 bridgehead atoms. The van der Waals surface area contributed by atoms with Crippen LogP contribution in [0.1, 0.15) is 19.3 Å². The fourth-order valence-corrected chi connectivity index (χ4v) is 3.32. The molecule has 2 heterocycles. The van der Waals surface area contributed by atoms with Crippen LogP contribution in [0.15, 0.2) is 27.8 Å². The number of nitrogen functional groups attached to an aromatic ring is 1. The molecular weight excluding hydrogens is 264 g/mol. The van der Waals surface area contributed by atoms with Gasteiger partial charge in [0.15, 0.2) is 5.58 Å². The first-order valence-electron chi connectivity index (χ1n) is 6.38. The van der Waals surface area contributed by atoms with Crippen molar-refractivity contribution >= 4 is 27.6 Å². The van der Waals surface area contributed by atoms with Crippen LogP contribution >= 0.6 is 0 Å². The molecule has 2 unspecified atom stereocenters. The molecule has 1 aromatic carbocycles. The van der Waals surface area contributed by atoms with Gasteiger partial charge in [0.25, 0.3) is 5.22 Å². The molecule has 1 fully saturated rings. The Morgan fingerprint density at radius 3 is 3.11 bits per heavy atom. The van der Waals surface area contributed by atoms with Crippen molar-refractivity contribution in [3.63, 3.8) is 0 Å². The summed E-state index contributed by atoms with van der Waals surface area (Å²) in [4.78, 5) is 4.24. The van der Waals surface area contributed by atoms with Crippen LogP contribution in [-0.4, -0.2) is 27.7 Å². The van der Waals surface area contributed by atoms with Crippen LogP contribution in [-0.2, 0) is 15.5 Å². The van der Waals surface area contributed by atoms with E-state index in [0.29, 0.717) is 22.5 Å². The lowest BCUT2D eigenvalue weighted by atomic mass is 10.1. The highest BCUT2D eigenvalue weighted by atomic mass is 32.2. The molecule has 0 radical (unpaired) electrons. The lowest BCUT2D eigenvalue weighted by Gasteiger charge is -2.21. The summed E-state index contributed by atoms with van der Waals surface area (Å²) in [5.74, 6) is 0.447. The predicted octanol–water partition coefficient (Wildman–Crippen LogP) is 2.09. The van der Waals surface area contributed by atoms with E-state index < -0.39 is 10.8 Å². The van der Waals surface area contributed by atoms with Gasteiger partial charge in [0.1, 0.15) is 16.3 Å². The number of benzene rings is 1. The zero-order valence-electron chi connectivity index (χ0n) is 10.5. The van der Waals surface area contributed by atoms with Crippen molar-refractivity contribution in [2.24, 2.45) is 0 Å². The zero-order valence-corrected chi connectivity index (χ0v) is 11.3. The van der Waals surface area contributed by atoms with Crippen LogP contribution in [0.4, 0.5) is 5.69 Å². The van der Waals surface area contributed by atoms with E-state index in [2.05, 4.69) is 4.98 Å². The summed E-state index contributed by atoms with van der Waals surface area (Å²) < 4.78 is 23.3. The second kappa shape index (κ2) is 5.30. The van der Waals surface area contributed by atoms with Crippen molar-refractivity contribution < 1.29 is 13.4 Å². The van der Waals surface area contributed by atoms with Gasteiger partial charge in [0.05, 0.1) is 11.9 Å². The largest absolute Gasteiger partial charge is 0.430 e. The van der Waals surface area contributed by atoms with Crippen LogP contribution in [0.3, 0.4) is 0 Å². The summed E-state index contributed by atoms with van der Waals surface area (Å²) in [6, 6.07) is 5.22. The maximum atomic E-state index is 12.2. The Morgan fingerprint density at radius 1 is 1.42 bits per heavy atom. The fraction of sp³-hybridized carbons (Fsp3) is 0.462. The monoisotopic (exact) mass is 280 g/mol. The Hall–Kier alpha value is -1.40. The highest BCUT2D eigenvalue weighted by Crippen LogP contribution is 2.22. The SMILES string of the molecule is Nc1ccc2nc(S(=O)CC3CCCCO3)oc2c1. The second-order valence-electron chi connectivity index (χ2n) is 4.71. The third kappa shape index (κ3) is 2.79. The Labute approximate surface area is 113 Å². The molecule has 5 nitrogen and oxygen atoms in total. The van der Waals surface area contributed by atoms with Crippen LogP contribution in [0.25, 0.3) is 11.1 Å². The summed E-state index contributed by atoms with van der Waals surface area (Å²) in [6.07, 6.45) is 3.23. The molecule has 0 amide bonds. The normalized spacial score (nSPS) is 21.6. The summed E-state index contributed by atoms with van der Waals surface area (Å²) in [6.45, 7) is 0.756. The van der Waals surface area contributed by atoms with E-state index in [9.17, 15) is 4.21 Å². The van der Waals surface area contributed by atoms with E-state index in [0.717, 1.165) is 25.9 Å². The maximum absolute atomic E-state index is 12.2. The first-order chi connectivity index (χ1) is 9.22. The molecule has 1 aliphatic rings. The van der Waals surface area contributed by atoms with Crippen LogP contribution in [0.5, 0.6) is 0 Å². The Morgan fingerprint density at radius 2 is 2.32 bits per heavy atom. The van der Waals surface area contributed by atoms with E-state index in [1.54, 1.807) is 18.2 Å². The van der Waals surface area contributed by atoms with Gasteiger partial charge in [-0.1, -0.05) is 0 Å². The summed E-state index contributed by atoms with van der Waals surface area (Å²) in [5.41, 5.74) is 7.54. The minimum absolute atomic E-state index is 0.0506. The first-order valence-corrected chi connectivity index (χ1v) is 7.70. The maximum Gasteiger partial charge on any atom is 0.288 e. The average molecular weight is 280 g/mol. The molecule has 0 aliphatic carbocycles. The molecule has 0 saturated carbocycles. The van der Waals surface area contributed by atoms with E-state index in [1.165, 1.54) is 0 Å². The van der Waals surface area contributed by atoms with Crippen molar-refractivity contribution in [3.8, 4) is 0 Å². The Bertz CT molecular complexity index is 605. The molecule has 1 saturated heterocycles. The number of anilines is 1. The number of nitrogens with two attached hydrogens (primary N) is 1. The quantitative estimate of drug-likeness (QED) is 0.871. The van der Waals surface area contributed by atoms with Gasteiger partial charge in [-0.15, -0.1) is 0 Å². The van der Waals surface area contributed by atoms with Crippen LogP contribution in [0.2, 0.25) is 0 Å². The van der Waals surface area contributed by atoms with Gasteiger partial charge in [-0.3, -0.25) is 0 Å². The van der Waals surface area contributed by atoms with Crippen molar-refractivity contribution in [1.82, 2.24) is 4.98 Å². The summed E-state index contributed by atoms with van der Waals surface area (Å²) in [5, 5.41) is 0.259. The summed E-state index contributed by atoms with van der Waals surface area (Å²) in [7, 11) is -1.26. The molecule has 1 aromatic heterocycles. The molecule has 0 spiro atoms. The number of hydrogen-bond donors (Lipinski definition) is 1. The highest BCUT2D eigenvalue weighted by molar-refractivity contribution is 7.84. The number of hydrogen-bond acceptors (Lipinski definition) is 5. The van der Waals surface area contributed by atoms with Gasteiger partial charge in [-0.2, -0.15) is 0 Å². The third-order valence-electron chi connectivity index (χ3n) is 3.20. The average Bonchev–Trinajstić information content (AvgIpc) is 2.83. The minimum atomic E-state index is -1.26. The van der Waals surface area contributed by atoms with E-state index in [1.807, 2.05) is 0 Å². The molecule has 2 atom stereocenters. The topological polar surface area (TPSA) is 78.3 Å². The number of oxazole rings is 1. The van der Waals surface area contributed by atoms with Gasteiger partial charge in [0.2, 0.25) is 0 Å². The number of rotatable bonds is 3. The van der Waals surface area contributed by atoms with Crippen LogP contribution < -0.4 is 5.73 Å². The van der Waals surface area contributed by atoms with E-state index >= 15 is 0 Å². The number of aromatic nitrogens is 1. The standard InChI is InChI=1S/C13H16N2O3S/c14-9-4-5-11-12(7-9)18-13(15-11)19(16)8-10-3-1-2-6-17-10/h4-5,7,10H,1-3,6,8,14H2. The van der Waals surface area contributed by atoms with Crippen LogP contribution in [0, 0.1) is 0 Å². The smallest absolute Gasteiger partial charge is 0.288 e. The number of fused-ring (bicyclic) bond motifs is 1. The molecule has 3 rings (SSSR count). The van der Waals surface area contributed by atoms with Gasteiger partial charge in [0, 0.05) is 18.4 Å². The molecule has 102 valence electrons. The summed E-state index contributed by atoms with van der Waals surface area (Å²) >= 11 is 0. The minimum Gasteiger partial charge on any atom is -0.430 e. The molecule has 2 N–H and O–H groups in total. The number of nitrogens with zero attached hydrogens (tertiary/aromatic N) is 1. The molecule has 2 aromatic rings. The highest BCUT2D eigenvalue weighted by Gasteiger charge is 2.21. The molecule has 19 heavy (non-hydrogen) atoms.